The summed E-state index contributed by atoms with van der Waals surface area (Å²) in [7, 11) is 1.57. The number of carbonyl (C=O) groups excluding carboxylic acids is 3. The van der Waals surface area contributed by atoms with Gasteiger partial charge in [-0.05, 0) is 55.0 Å². The van der Waals surface area contributed by atoms with E-state index in [0.717, 1.165) is 5.56 Å². The fourth-order valence-corrected chi connectivity index (χ4v) is 7.13. The first-order valence-electron chi connectivity index (χ1n) is 14.0. The number of aliphatic hydroxyl groups excluding tert-OH is 1. The highest BCUT2D eigenvalue weighted by atomic mass is 16.5. The Bertz CT molecular complexity index is 1270. The minimum atomic E-state index is -1.20. The number of nitrogens with one attached hydrogen (secondary N) is 2. The molecule has 2 bridgehead atoms. The third-order valence-electron chi connectivity index (χ3n) is 9.26. The summed E-state index contributed by atoms with van der Waals surface area (Å²) in [4.78, 5) is 43.7. The lowest BCUT2D eigenvalue weighted by atomic mass is 9.62. The molecule has 7 atom stereocenters. The maximum absolute atomic E-state index is 14.3. The van der Waals surface area contributed by atoms with E-state index >= 15 is 0 Å². The van der Waals surface area contributed by atoms with Crippen molar-refractivity contribution in [3.05, 3.63) is 60.2 Å². The predicted molar refractivity (Wildman–Crippen MR) is 149 cm³/mol. The highest BCUT2D eigenvalue weighted by Crippen LogP contribution is 2.65. The molecule has 0 radical (unpaired) electrons. The van der Waals surface area contributed by atoms with Gasteiger partial charge in [0, 0.05) is 12.2 Å². The number of amides is 3. The molecule has 1 spiro atoms. The van der Waals surface area contributed by atoms with Crippen LogP contribution in [0.5, 0.6) is 5.75 Å². The zero-order valence-corrected chi connectivity index (χ0v) is 23.7. The van der Waals surface area contributed by atoms with E-state index < -0.39 is 41.0 Å². The van der Waals surface area contributed by atoms with Crippen LogP contribution in [0.4, 0.5) is 5.69 Å². The van der Waals surface area contributed by atoms with Crippen molar-refractivity contribution in [3.63, 3.8) is 0 Å². The molecular weight excluding hydrogens is 510 g/mol. The van der Waals surface area contributed by atoms with Gasteiger partial charge in [0.1, 0.15) is 17.4 Å². The van der Waals surface area contributed by atoms with Gasteiger partial charge in [0.25, 0.3) is 0 Å². The van der Waals surface area contributed by atoms with Crippen LogP contribution in [0, 0.1) is 23.7 Å². The van der Waals surface area contributed by atoms with Crippen LogP contribution >= 0.6 is 0 Å². The van der Waals surface area contributed by atoms with Crippen molar-refractivity contribution < 1.29 is 29.0 Å². The fourth-order valence-electron chi connectivity index (χ4n) is 7.13. The Morgan fingerprint density at radius 2 is 1.80 bits per heavy atom. The van der Waals surface area contributed by atoms with E-state index in [-0.39, 0.29) is 30.3 Å². The molecule has 3 saturated heterocycles. The number of anilines is 1. The molecule has 0 aliphatic carbocycles. The van der Waals surface area contributed by atoms with Crippen molar-refractivity contribution in [3.8, 4) is 5.75 Å². The molecule has 3 unspecified atom stereocenters. The van der Waals surface area contributed by atoms with Crippen LogP contribution in [0.1, 0.15) is 39.7 Å². The zero-order valence-electron chi connectivity index (χ0n) is 23.7. The minimum Gasteiger partial charge on any atom is -0.497 e. The first-order valence-corrected chi connectivity index (χ1v) is 14.0. The Labute approximate surface area is 235 Å². The van der Waals surface area contributed by atoms with E-state index in [4.69, 9.17) is 9.47 Å². The zero-order chi connectivity index (χ0) is 28.8. The molecule has 214 valence electrons. The standard InChI is InChI=1S/C31H39N3O6/c1-18(2)23(17-35)34-26(28(37)33-21-11-13-22(39-5)14-12-21)31-15-19(3)30(4,40-31)24(25(31)29(34)38)27(36)32-16-20-9-7-6-8-10-20/h6-14,18-19,23-26,35H,15-17H2,1-5H3,(H,32,36)(H,33,37)/t19?,23-,24+,25-,26?,30-,31?/m0/s1. The van der Waals surface area contributed by atoms with Crippen molar-refractivity contribution >= 4 is 23.4 Å². The topological polar surface area (TPSA) is 117 Å². The predicted octanol–water partition coefficient (Wildman–Crippen LogP) is 2.98. The lowest BCUT2D eigenvalue weighted by Crippen LogP contribution is -2.57. The Balaban J connectivity index is 1.52. The largest absolute Gasteiger partial charge is 0.497 e. The second-order valence-electron chi connectivity index (χ2n) is 11.9. The minimum absolute atomic E-state index is 0.0770. The Morgan fingerprint density at radius 3 is 2.40 bits per heavy atom. The summed E-state index contributed by atoms with van der Waals surface area (Å²) in [5.74, 6) is -2.16. The number of likely N-dealkylation sites (tertiary alicyclic amines) is 1. The molecule has 3 fully saturated rings. The summed E-state index contributed by atoms with van der Waals surface area (Å²) >= 11 is 0. The number of hydrogen-bond donors (Lipinski definition) is 3. The molecule has 2 aromatic rings. The van der Waals surface area contributed by atoms with E-state index in [9.17, 15) is 19.5 Å². The molecule has 40 heavy (non-hydrogen) atoms. The van der Waals surface area contributed by atoms with Gasteiger partial charge in [-0.25, -0.2) is 0 Å². The molecule has 3 aliphatic rings. The van der Waals surface area contributed by atoms with Crippen LogP contribution in [-0.4, -0.2) is 64.7 Å². The highest BCUT2D eigenvalue weighted by Gasteiger charge is 2.80. The average molecular weight is 550 g/mol. The van der Waals surface area contributed by atoms with E-state index in [1.165, 1.54) is 4.90 Å². The summed E-state index contributed by atoms with van der Waals surface area (Å²) in [5, 5.41) is 16.4. The number of methoxy groups -OCH3 is 1. The molecule has 3 N–H and O–H groups in total. The number of nitrogens with zero attached hydrogens (tertiary/aromatic N) is 1. The van der Waals surface area contributed by atoms with Crippen LogP contribution in [-0.2, 0) is 25.7 Å². The fraction of sp³-hybridized carbons (Fsp3) is 0.516. The molecule has 3 amide bonds. The summed E-state index contributed by atoms with van der Waals surface area (Å²) in [6.07, 6.45) is 0.454. The second kappa shape index (κ2) is 10.5. The van der Waals surface area contributed by atoms with Crippen LogP contribution in [0.25, 0.3) is 0 Å². The smallest absolute Gasteiger partial charge is 0.250 e. The van der Waals surface area contributed by atoms with Crippen molar-refractivity contribution in [1.29, 1.82) is 0 Å². The second-order valence-corrected chi connectivity index (χ2v) is 11.9. The lowest BCUT2D eigenvalue weighted by molar-refractivity contribution is -0.150. The van der Waals surface area contributed by atoms with Gasteiger partial charge in [-0.3, -0.25) is 14.4 Å². The van der Waals surface area contributed by atoms with Crippen LogP contribution in [0.15, 0.2) is 54.6 Å². The highest BCUT2D eigenvalue weighted by molar-refractivity contribution is 6.04. The lowest BCUT2D eigenvalue weighted by Gasteiger charge is -2.38. The third kappa shape index (κ3) is 4.36. The van der Waals surface area contributed by atoms with E-state index in [1.807, 2.05) is 58.0 Å². The summed E-state index contributed by atoms with van der Waals surface area (Å²) in [6, 6.07) is 14.9. The van der Waals surface area contributed by atoms with E-state index in [2.05, 4.69) is 10.6 Å². The number of aliphatic hydroxyl groups is 1. The van der Waals surface area contributed by atoms with Crippen LogP contribution in [0.2, 0.25) is 0 Å². The molecular formula is C31H39N3O6. The number of hydrogen-bond acceptors (Lipinski definition) is 6. The first-order chi connectivity index (χ1) is 19.1. The number of rotatable bonds is 9. The Kier molecular flexibility index (Phi) is 7.39. The van der Waals surface area contributed by atoms with Crippen molar-refractivity contribution in [1.82, 2.24) is 10.2 Å². The van der Waals surface area contributed by atoms with E-state index in [0.29, 0.717) is 24.4 Å². The van der Waals surface area contributed by atoms with Gasteiger partial charge in [0.05, 0.1) is 37.2 Å². The number of fused-ring (bicyclic) bond motifs is 1. The summed E-state index contributed by atoms with van der Waals surface area (Å²) in [5.41, 5.74) is -0.617. The molecule has 0 saturated carbocycles. The maximum atomic E-state index is 14.3. The van der Waals surface area contributed by atoms with Crippen LogP contribution < -0.4 is 15.4 Å². The van der Waals surface area contributed by atoms with E-state index in [1.54, 1.807) is 31.4 Å². The summed E-state index contributed by atoms with van der Waals surface area (Å²) in [6.45, 7) is 7.73. The van der Waals surface area contributed by atoms with Crippen molar-refractivity contribution in [2.75, 3.05) is 19.0 Å². The SMILES string of the molecule is COc1ccc(NC(=O)C2N([C@@H](CO)C(C)C)C(=O)[C@@H]3[C@H](C(=O)NCc4ccccc4)[C@@]4(C)OC23CC4C)cc1. The van der Waals surface area contributed by atoms with Gasteiger partial charge in [0.15, 0.2) is 0 Å². The normalized spacial score (nSPS) is 31.3. The molecule has 5 rings (SSSR count). The summed E-state index contributed by atoms with van der Waals surface area (Å²) < 4.78 is 12.0. The van der Waals surface area contributed by atoms with Gasteiger partial charge in [-0.1, -0.05) is 51.1 Å². The molecule has 3 aliphatic heterocycles. The molecule has 0 aromatic heterocycles. The molecule has 9 heteroatoms. The quantitative estimate of drug-likeness (QED) is 0.443. The van der Waals surface area contributed by atoms with Gasteiger partial charge in [0.2, 0.25) is 17.7 Å². The van der Waals surface area contributed by atoms with Gasteiger partial charge >= 0.3 is 0 Å². The Morgan fingerprint density at radius 1 is 1.12 bits per heavy atom. The monoisotopic (exact) mass is 549 g/mol. The van der Waals surface area contributed by atoms with Gasteiger partial charge in [-0.2, -0.15) is 0 Å². The first kappa shape index (κ1) is 28.1. The number of carbonyl (C=O) groups is 3. The van der Waals surface area contributed by atoms with Crippen LogP contribution in [0.3, 0.4) is 0 Å². The molecule has 2 aromatic carbocycles. The van der Waals surface area contributed by atoms with Gasteiger partial charge in [-0.15, -0.1) is 0 Å². The van der Waals surface area contributed by atoms with Gasteiger partial charge < -0.3 is 30.1 Å². The third-order valence-corrected chi connectivity index (χ3v) is 9.26. The molecule has 3 heterocycles. The number of ether oxygens (including phenoxy) is 2. The average Bonchev–Trinajstić information content (AvgIpc) is 3.45. The number of benzene rings is 2. The van der Waals surface area contributed by atoms with Crippen molar-refractivity contribution in [2.45, 2.75) is 63.9 Å². The Hall–Kier alpha value is -3.43. The molecule has 9 nitrogen and oxygen atoms in total. The van der Waals surface area contributed by atoms with Crippen molar-refractivity contribution in [2.24, 2.45) is 23.7 Å². The maximum Gasteiger partial charge on any atom is 0.250 e.